The quantitative estimate of drug-likeness (QED) is 0.780. The number of halogens is 4. The van der Waals surface area contributed by atoms with Gasteiger partial charge in [-0.3, -0.25) is 4.74 Å². The summed E-state index contributed by atoms with van der Waals surface area (Å²) in [6, 6.07) is 0. The van der Waals surface area contributed by atoms with Crippen LogP contribution < -0.4 is 0 Å². The van der Waals surface area contributed by atoms with Gasteiger partial charge in [-0.05, 0) is 0 Å². The maximum atomic E-state index is 11.6. The summed E-state index contributed by atoms with van der Waals surface area (Å²) in [5.41, 5.74) is 0. The molecule has 10 heteroatoms. The first-order valence-electron chi connectivity index (χ1n) is 3.85. The van der Waals surface area contributed by atoms with E-state index in [2.05, 4.69) is 9.72 Å². The first kappa shape index (κ1) is 13.3. The fraction of sp³-hybridized carbons (Fsp3) is 0.500. The largest absolute Gasteiger partial charge is 0.522 e. The summed E-state index contributed by atoms with van der Waals surface area (Å²) < 4.78 is 60.9. The van der Waals surface area contributed by atoms with E-state index in [1.54, 1.807) is 0 Å². The highest BCUT2D eigenvalue weighted by molar-refractivity contribution is 8.13. The Morgan fingerprint density at radius 3 is 2.56 bits per heavy atom. The van der Waals surface area contributed by atoms with E-state index < -0.39 is 27.0 Å². The molecule has 0 saturated heterocycles. The molecule has 0 radical (unpaired) electrons. The summed E-state index contributed by atoms with van der Waals surface area (Å²) >= 11 is 0. The van der Waals surface area contributed by atoms with Gasteiger partial charge in [-0.15, -0.1) is 13.2 Å². The SMILES string of the molecule is O=S(=O)(Cl)c1cn(CCOC(F)(F)F)cn1. The molecule has 0 aliphatic carbocycles. The third-order valence-corrected chi connectivity index (χ3v) is 2.66. The Labute approximate surface area is 93.2 Å². The van der Waals surface area contributed by atoms with Crippen molar-refractivity contribution in [3.05, 3.63) is 12.5 Å². The van der Waals surface area contributed by atoms with E-state index in [1.165, 1.54) is 0 Å². The zero-order chi connectivity index (χ0) is 12.4. The van der Waals surface area contributed by atoms with E-state index in [0.717, 1.165) is 17.1 Å². The lowest BCUT2D eigenvalue weighted by atomic mass is 10.6. The van der Waals surface area contributed by atoms with Crippen LogP contribution in [-0.4, -0.2) is 30.9 Å². The lowest BCUT2D eigenvalue weighted by molar-refractivity contribution is -0.325. The van der Waals surface area contributed by atoms with Gasteiger partial charge in [0.15, 0.2) is 5.03 Å². The molecule has 0 unspecified atom stereocenters. The van der Waals surface area contributed by atoms with Crippen molar-refractivity contribution in [2.24, 2.45) is 0 Å². The third kappa shape index (κ3) is 4.37. The van der Waals surface area contributed by atoms with Crippen molar-refractivity contribution in [2.45, 2.75) is 17.9 Å². The molecule has 0 N–H and O–H groups in total. The molecule has 16 heavy (non-hydrogen) atoms. The minimum atomic E-state index is -4.71. The van der Waals surface area contributed by atoms with Gasteiger partial charge < -0.3 is 4.57 Å². The van der Waals surface area contributed by atoms with E-state index >= 15 is 0 Å². The maximum absolute atomic E-state index is 11.6. The van der Waals surface area contributed by atoms with E-state index in [4.69, 9.17) is 10.7 Å². The molecule has 1 aromatic heterocycles. The van der Waals surface area contributed by atoms with Crippen LogP contribution in [0.2, 0.25) is 0 Å². The molecule has 0 aromatic carbocycles. The van der Waals surface area contributed by atoms with Gasteiger partial charge >= 0.3 is 6.36 Å². The van der Waals surface area contributed by atoms with Crippen molar-refractivity contribution in [3.8, 4) is 0 Å². The normalized spacial score (nSPS) is 13.0. The van der Waals surface area contributed by atoms with Crippen LogP contribution >= 0.6 is 10.7 Å². The van der Waals surface area contributed by atoms with E-state index in [0.29, 0.717) is 0 Å². The summed E-state index contributed by atoms with van der Waals surface area (Å²) in [4.78, 5) is 3.41. The number of aromatic nitrogens is 2. The number of hydrogen-bond acceptors (Lipinski definition) is 4. The Balaban J connectivity index is 2.54. The Kier molecular flexibility index (Phi) is 3.81. The molecule has 0 saturated carbocycles. The second kappa shape index (κ2) is 4.60. The highest BCUT2D eigenvalue weighted by Crippen LogP contribution is 2.16. The minimum absolute atomic E-state index is 0.182. The Morgan fingerprint density at radius 1 is 1.50 bits per heavy atom. The Morgan fingerprint density at radius 2 is 2.12 bits per heavy atom. The van der Waals surface area contributed by atoms with E-state index in [-0.39, 0.29) is 6.54 Å². The molecular formula is C6H6ClF3N2O3S. The molecule has 0 aliphatic rings. The lowest BCUT2D eigenvalue weighted by Gasteiger charge is -2.06. The van der Waals surface area contributed by atoms with E-state index in [9.17, 15) is 21.6 Å². The molecule has 0 atom stereocenters. The van der Waals surface area contributed by atoms with Gasteiger partial charge in [-0.1, -0.05) is 0 Å². The average Bonchev–Trinajstić information content (AvgIpc) is 2.49. The molecule has 0 bridgehead atoms. The topological polar surface area (TPSA) is 61.2 Å². The van der Waals surface area contributed by atoms with Crippen LogP contribution in [0.3, 0.4) is 0 Å². The molecule has 0 fully saturated rings. The summed E-state index contributed by atoms with van der Waals surface area (Å²) in [5, 5.41) is -0.416. The van der Waals surface area contributed by atoms with Crippen molar-refractivity contribution >= 4 is 19.7 Å². The lowest BCUT2D eigenvalue weighted by Crippen LogP contribution is -2.16. The summed E-state index contributed by atoms with van der Waals surface area (Å²) in [5.74, 6) is 0. The number of hydrogen-bond donors (Lipinski definition) is 0. The number of imidazole rings is 1. The van der Waals surface area contributed by atoms with Crippen molar-refractivity contribution in [3.63, 3.8) is 0 Å². The van der Waals surface area contributed by atoms with Crippen LogP contribution in [0.4, 0.5) is 13.2 Å². The summed E-state index contributed by atoms with van der Waals surface area (Å²) in [7, 11) is 1.01. The molecule has 1 rings (SSSR count). The minimum Gasteiger partial charge on any atom is -0.334 e. The van der Waals surface area contributed by atoms with Gasteiger partial charge in [-0.2, -0.15) is 0 Å². The molecule has 1 heterocycles. The number of rotatable bonds is 4. The van der Waals surface area contributed by atoms with Gasteiger partial charge in [-0.25, -0.2) is 13.4 Å². The Bertz CT molecular complexity index is 456. The smallest absolute Gasteiger partial charge is 0.334 e. The average molecular weight is 279 g/mol. The molecule has 0 amide bonds. The standard InChI is InChI=1S/C6H6ClF3N2O3S/c7-16(13,14)5-3-12(4-11-5)1-2-15-6(8,9)10/h3-4H,1-2H2. The van der Waals surface area contributed by atoms with Gasteiger partial charge in [0, 0.05) is 23.4 Å². The Hall–Kier alpha value is -0.800. The zero-order valence-electron chi connectivity index (χ0n) is 7.61. The van der Waals surface area contributed by atoms with Gasteiger partial charge in [0.05, 0.1) is 12.9 Å². The number of nitrogens with zero attached hydrogens (tertiary/aromatic N) is 2. The molecule has 1 aromatic rings. The van der Waals surface area contributed by atoms with Crippen molar-refractivity contribution in [1.29, 1.82) is 0 Å². The van der Waals surface area contributed by atoms with Crippen molar-refractivity contribution < 1.29 is 26.3 Å². The second-order valence-electron chi connectivity index (χ2n) is 2.68. The van der Waals surface area contributed by atoms with Crippen LogP contribution in [0.5, 0.6) is 0 Å². The van der Waals surface area contributed by atoms with Gasteiger partial charge in [0.25, 0.3) is 9.05 Å². The van der Waals surface area contributed by atoms with Crippen molar-refractivity contribution in [2.75, 3.05) is 6.61 Å². The predicted molar refractivity (Wildman–Crippen MR) is 47.3 cm³/mol. The van der Waals surface area contributed by atoms with Crippen LogP contribution in [-0.2, 0) is 20.3 Å². The fourth-order valence-corrected chi connectivity index (χ4v) is 1.53. The molecule has 92 valence electrons. The number of alkyl halides is 3. The van der Waals surface area contributed by atoms with Crippen LogP contribution in [0.25, 0.3) is 0 Å². The van der Waals surface area contributed by atoms with Crippen molar-refractivity contribution in [1.82, 2.24) is 9.55 Å². The molecule has 5 nitrogen and oxygen atoms in total. The maximum Gasteiger partial charge on any atom is 0.522 e. The summed E-state index contributed by atoms with van der Waals surface area (Å²) in [6.45, 7) is -0.819. The van der Waals surface area contributed by atoms with Crippen LogP contribution in [0.15, 0.2) is 17.6 Å². The van der Waals surface area contributed by atoms with Gasteiger partial charge in [0.2, 0.25) is 0 Å². The zero-order valence-corrected chi connectivity index (χ0v) is 9.18. The monoisotopic (exact) mass is 278 g/mol. The highest BCUT2D eigenvalue weighted by atomic mass is 35.7. The molecule has 0 spiro atoms. The van der Waals surface area contributed by atoms with Crippen LogP contribution in [0, 0.1) is 0 Å². The highest BCUT2D eigenvalue weighted by Gasteiger charge is 2.28. The van der Waals surface area contributed by atoms with Crippen LogP contribution in [0.1, 0.15) is 0 Å². The van der Waals surface area contributed by atoms with Gasteiger partial charge in [0.1, 0.15) is 0 Å². The fourth-order valence-electron chi connectivity index (χ4n) is 0.855. The predicted octanol–water partition coefficient (Wildman–Crippen LogP) is 1.35. The summed E-state index contributed by atoms with van der Waals surface area (Å²) in [6.07, 6.45) is -2.64. The molecular weight excluding hydrogens is 273 g/mol. The van der Waals surface area contributed by atoms with E-state index in [1.807, 2.05) is 0 Å². The third-order valence-electron chi connectivity index (χ3n) is 1.47. The molecule has 0 aliphatic heterocycles. The second-order valence-corrected chi connectivity index (χ2v) is 5.19. The first-order valence-corrected chi connectivity index (χ1v) is 6.16. The first-order chi connectivity index (χ1) is 7.18. The number of ether oxygens (including phenoxy) is 1.